The Morgan fingerprint density at radius 2 is 1.95 bits per heavy atom. The number of carbonyl (C=O) groups is 2. The van der Waals surface area contributed by atoms with Crippen molar-refractivity contribution in [1.29, 1.82) is 0 Å². The summed E-state index contributed by atoms with van der Waals surface area (Å²) < 4.78 is 13.4. The molecule has 0 radical (unpaired) electrons. The number of unbranched alkanes of at least 4 members (excludes halogenated alkanes) is 3. The number of halogens is 1. The highest BCUT2D eigenvalue weighted by atomic mass is 19.1. The van der Waals surface area contributed by atoms with Crippen LogP contribution in [0.5, 0.6) is 0 Å². The van der Waals surface area contributed by atoms with Gasteiger partial charge in [-0.05, 0) is 18.6 Å². The number of aliphatic carboxylic acids is 1. The van der Waals surface area contributed by atoms with E-state index >= 15 is 0 Å². The van der Waals surface area contributed by atoms with Crippen LogP contribution in [0.15, 0.2) is 24.3 Å². The van der Waals surface area contributed by atoms with Gasteiger partial charge in [0.15, 0.2) is 0 Å². The van der Waals surface area contributed by atoms with E-state index in [1.54, 1.807) is 0 Å². The van der Waals surface area contributed by atoms with E-state index in [1.807, 2.05) is 0 Å². The number of hydrogen-bond donors (Lipinski definition) is 2. The number of hydrogen-bond acceptors (Lipinski definition) is 2. The lowest BCUT2D eigenvalue weighted by Crippen LogP contribution is -2.41. The zero-order valence-corrected chi connectivity index (χ0v) is 11.6. The van der Waals surface area contributed by atoms with E-state index in [4.69, 9.17) is 5.11 Å². The quantitative estimate of drug-likeness (QED) is 0.720. The molecule has 1 aromatic rings. The molecular weight excluding hydrogens is 261 g/mol. The maximum Gasteiger partial charge on any atom is 0.326 e. The third-order valence-electron chi connectivity index (χ3n) is 3.07. The number of benzene rings is 1. The first-order valence-corrected chi connectivity index (χ1v) is 6.84. The van der Waals surface area contributed by atoms with Gasteiger partial charge in [0.05, 0.1) is 5.56 Å². The highest BCUT2D eigenvalue weighted by molar-refractivity contribution is 5.96. The van der Waals surface area contributed by atoms with E-state index in [9.17, 15) is 14.0 Å². The summed E-state index contributed by atoms with van der Waals surface area (Å²) in [5.74, 6) is -2.43. The second-order valence-corrected chi connectivity index (χ2v) is 4.69. The van der Waals surface area contributed by atoms with Gasteiger partial charge in [-0.1, -0.05) is 44.7 Å². The minimum atomic E-state index is -1.09. The molecule has 0 bridgehead atoms. The summed E-state index contributed by atoms with van der Waals surface area (Å²) in [5.41, 5.74) is -0.132. The molecule has 1 amide bonds. The average molecular weight is 281 g/mol. The summed E-state index contributed by atoms with van der Waals surface area (Å²) in [6.07, 6.45) is 4.10. The third-order valence-corrected chi connectivity index (χ3v) is 3.07. The van der Waals surface area contributed by atoms with Crippen LogP contribution in [0.2, 0.25) is 0 Å². The van der Waals surface area contributed by atoms with Crippen LogP contribution in [-0.4, -0.2) is 23.0 Å². The fourth-order valence-corrected chi connectivity index (χ4v) is 1.91. The Bertz CT molecular complexity index is 462. The Morgan fingerprint density at radius 1 is 1.25 bits per heavy atom. The van der Waals surface area contributed by atoms with E-state index in [2.05, 4.69) is 12.2 Å². The Morgan fingerprint density at radius 3 is 2.55 bits per heavy atom. The van der Waals surface area contributed by atoms with Crippen molar-refractivity contribution in [2.45, 2.75) is 45.1 Å². The van der Waals surface area contributed by atoms with Crippen LogP contribution in [0.3, 0.4) is 0 Å². The van der Waals surface area contributed by atoms with Crippen LogP contribution in [0.1, 0.15) is 49.4 Å². The normalized spacial score (nSPS) is 11.9. The van der Waals surface area contributed by atoms with E-state index in [0.29, 0.717) is 6.42 Å². The first-order chi connectivity index (χ1) is 9.56. The van der Waals surface area contributed by atoms with Crippen molar-refractivity contribution in [2.24, 2.45) is 0 Å². The molecule has 1 rings (SSSR count). The maximum absolute atomic E-state index is 13.4. The van der Waals surface area contributed by atoms with Crippen LogP contribution in [0.4, 0.5) is 4.39 Å². The molecule has 0 aromatic heterocycles. The maximum atomic E-state index is 13.4. The number of amides is 1. The lowest BCUT2D eigenvalue weighted by atomic mass is 10.1. The zero-order chi connectivity index (χ0) is 15.0. The summed E-state index contributed by atoms with van der Waals surface area (Å²) >= 11 is 0. The van der Waals surface area contributed by atoms with Crippen molar-refractivity contribution >= 4 is 11.9 Å². The first kappa shape index (κ1) is 16.1. The van der Waals surface area contributed by atoms with Gasteiger partial charge in [0.25, 0.3) is 5.91 Å². The van der Waals surface area contributed by atoms with E-state index < -0.39 is 23.7 Å². The topological polar surface area (TPSA) is 66.4 Å². The van der Waals surface area contributed by atoms with Crippen LogP contribution in [-0.2, 0) is 4.79 Å². The fourth-order valence-electron chi connectivity index (χ4n) is 1.91. The molecule has 110 valence electrons. The molecular formula is C15H20FNO3. The van der Waals surface area contributed by atoms with Gasteiger partial charge in [-0.15, -0.1) is 0 Å². The monoisotopic (exact) mass is 281 g/mol. The second kappa shape index (κ2) is 8.30. The number of rotatable bonds is 8. The summed E-state index contributed by atoms with van der Waals surface area (Å²) in [4.78, 5) is 23.0. The number of carbonyl (C=O) groups excluding carboxylic acids is 1. The van der Waals surface area contributed by atoms with Gasteiger partial charge < -0.3 is 10.4 Å². The smallest absolute Gasteiger partial charge is 0.326 e. The lowest BCUT2D eigenvalue weighted by Gasteiger charge is -2.14. The SMILES string of the molecule is CCCCCC[C@H](NC(=O)c1ccccc1F)C(=O)O. The van der Waals surface area contributed by atoms with Crippen LogP contribution < -0.4 is 5.32 Å². The number of nitrogens with one attached hydrogen (secondary N) is 1. The molecule has 0 spiro atoms. The highest BCUT2D eigenvalue weighted by Crippen LogP contribution is 2.09. The van der Waals surface area contributed by atoms with Gasteiger partial charge in [-0.2, -0.15) is 0 Å². The Hall–Kier alpha value is -1.91. The van der Waals surface area contributed by atoms with Gasteiger partial charge in [0, 0.05) is 0 Å². The van der Waals surface area contributed by atoms with Crippen molar-refractivity contribution in [2.75, 3.05) is 0 Å². The molecule has 1 aromatic carbocycles. The van der Waals surface area contributed by atoms with Crippen molar-refractivity contribution in [3.05, 3.63) is 35.6 Å². The van der Waals surface area contributed by atoms with Crippen molar-refractivity contribution < 1.29 is 19.1 Å². The largest absolute Gasteiger partial charge is 0.480 e. The lowest BCUT2D eigenvalue weighted by molar-refractivity contribution is -0.139. The van der Waals surface area contributed by atoms with Crippen LogP contribution in [0, 0.1) is 5.82 Å². The van der Waals surface area contributed by atoms with Gasteiger partial charge in [0.1, 0.15) is 11.9 Å². The molecule has 0 saturated heterocycles. The molecule has 0 saturated carbocycles. The Labute approximate surface area is 118 Å². The molecule has 0 unspecified atom stereocenters. The molecule has 1 atom stereocenters. The number of carboxylic acid groups (broad SMARTS) is 1. The molecule has 0 fully saturated rings. The Kier molecular flexibility index (Phi) is 6.70. The van der Waals surface area contributed by atoms with Crippen molar-refractivity contribution in [1.82, 2.24) is 5.32 Å². The minimum Gasteiger partial charge on any atom is -0.480 e. The standard InChI is InChI=1S/C15H20FNO3/c1-2-3-4-5-10-13(15(19)20)17-14(18)11-8-6-7-9-12(11)16/h6-9,13H,2-5,10H2,1H3,(H,17,18)(H,19,20)/t13-/m0/s1. The third kappa shape index (κ3) is 4.99. The van der Waals surface area contributed by atoms with Crippen LogP contribution in [0.25, 0.3) is 0 Å². The molecule has 0 aliphatic rings. The van der Waals surface area contributed by atoms with Crippen molar-refractivity contribution in [3.8, 4) is 0 Å². The highest BCUT2D eigenvalue weighted by Gasteiger charge is 2.21. The minimum absolute atomic E-state index is 0.132. The summed E-state index contributed by atoms with van der Waals surface area (Å²) in [5, 5.41) is 11.5. The van der Waals surface area contributed by atoms with Gasteiger partial charge in [-0.25, -0.2) is 9.18 Å². The summed E-state index contributed by atoms with van der Waals surface area (Å²) in [7, 11) is 0. The van der Waals surface area contributed by atoms with E-state index in [1.165, 1.54) is 24.3 Å². The molecule has 0 aliphatic heterocycles. The second-order valence-electron chi connectivity index (χ2n) is 4.69. The predicted octanol–water partition coefficient (Wildman–Crippen LogP) is 2.98. The number of carboxylic acids is 1. The molecule has 20 heavy (non-hydrogen) atoms. The van der Waals surface area contributed by atoms with E-state index in [0.717, 1.165) is 25.7 Å². The molecule has 0 aliphatic carbocycles. The molecule has 2 N–H and O–H groups in total. The fraction of sp³-hybridized carbons (Fsp3) is 0.467. The zero-order valence-electron chi connectivity index (χ0n) is 11.6. The van der Waals surface area contributed by atoms with Gasteiger partial charge >= 0.3 is 5.97 Å². The van der Waals surface area contributed by atoms with Gasteiger partial charge in [-0.3, -0.25) is 4.79 Å². The van der Waals surface area contributed by atoms with Gasteiger partial charge in [0.2, 0.25) is 0 Å². The van der Waals surface area contributed by atoms with Crippen molar-refractivity contribution in [3.63, 3.8) is 0 Å². The summed E-state index contributed by atoms with van der Waals surface area (Å²) in [6, 6.07) is 4.55. The predicted molar refractivity (Wildman–Crippen MR) is 74.0 cm³/mol. The van der Waals surface area contributed by atoms with E-state index in [-0.39, 0.29) is 5.56 Å². The molecule has 0 heterocycles. The molecule has 4 nitrogen and oxygen atoms in total. The Balaban J connectivity index is 2.59. The molecule has 5 heteroatoms. The first-order valence-electron chi connectivity index (χ1n) is 6.84. The summed E-state index contributed by atoms with van der Waals surface area (Å²) in [6.45, 7) is 2.06. The average Bonchev–Trinajstić information content (AvgIpc) is 2.42. The van der Waals surface area contributed by atoms with Crippen LogP contribution >= 0.6 is 0 Å².